The summed E-state index contributed by atoms with van der Waals surface area (Å²) < 4.78 is 28.1. The van der Waals surface area contributed by atoms with Crippen molar-refractivity contribution in [1.29, 1.82) is 0 Å². The molecule has 3 rings (SSSR count). The highest BCUT2D eigenvalue weighted by atomic mass is 79.9. The molecule has 0 saturated heterocycles. The third-order valence-corrected chi connectivity index (χ3v) is 6.26. The molecule has 1 saturated carbocycles. The number of nitrogens with two attached hydrogens (primary N) is 1. The van der Waals surface area contributed by atoms with Gasteiger partial charge in [-0.15, -0.1) is 0 Å². The topological polar surface area (TPSA) is 89.4 Å². The van der Waals surface area contributed by atoms with E-state index < -0.39 is 16.9 Å². The molecule has 0 aliphatic heterocycles. The van der Waals surface area contributed by atoms with Crippen LogP contribution in [0, 0.1) is 27.9 Å². The number of aryl methyl sites for hydroxylation is 1. The van der Waals surface area contributed by atoms with Gasteiger partial charge in [-0.1, -0.05) is 28.9 Å². The Labute approximate surface area is 164 Å². The highest BCUT2D eigenvalue weighted by Crippen LogP contribution is 2.56. The van der Waals surface area contributed by atoms with Crippen molar-refractivity contribution in [2.75, 3.05) is 11.1 Å². The number of hydrogen-bond acceptors (Lipinski definition) is 4. The molecule has 0 bridgehead atoms. The maximum atomic E-state index is 14.4. The molecule has 0 aromatic heterocycles. The molecule has 146 valence electrons. The monoisotopic (exact) mass is 442 g/mol. The van der Waals surface area contributed by atoms with Crippen LogP contribution >= 0.6 is 15.9 Å². The van der Waals surface area contributed by atoms with E-state index in [0.717, 1.165) is 0 Å². The van der Waals surface area contributed by atoms with E-state index in [2.05, 4.69) is 15.9 Å². The smallest absolute Gasteiger partial charge is 0.296 e. The van der Waals surface area contributed by atoms with E-state index >= 15 is 0 Å². The summed E-state index contributed by atoms with van der Waals surface area (Å²) in [4.78, 5) is 10.4. The first-order chi connectivity index (χ1) is 12.7. The number of alkyl halides is 2. The quantitative estimate of drug-likeness (QED) is 0.213. The van der Waals surface area contributed by atoms with Gasteiger partial charge in [0.05, 0.1) is 4.92 Å². The molecule has 8 heteroatoms. The third-order valence-electron chi connectivity index (χ3n) is 5.66. The van der Waals surface area contributed by atoms with Gasteiger partial charge in [-0.25, -0.2) is 8.78 Å². The molecular weight excluding hydrogens is 422 g/mol. The summed E-state index contributed by atoms with van der Waals surface area (Å²) in [6.07, 6.45) is 1.35. The Balaban J connectivity index is 1.71. The zero-order chi connectivity index (χ0) is 19.9. The number of allylic oxidation sites excluding steroid dienone is 4. The van der Waals surface area contributed by atoms with Crippen LogP contribution in [0.2, 0.25) is 0 Å². The van der Waals surface area contributed by atoms with Crippen molar-refractivity contribution >= 4 is 27.3 Å². The average Bonchev–Trinajstić information content (AvgIpc) is 3.25. The first kappa shape index (κ1) is 19.8. The van der Waals surface area contributed by atoms with Gasteiger partial charge in [0, 0.05) is 17.8 Å². The highest BCUT2D eigenvalue weighted by molar-refractivity contribution is 9.09. The van der Waals surface area contributed by atoms with Crippen molar-refractivity contribution in [2.24, 2.45) is 17.8 Å². The summed E-state index contributed by atoms with van der Waals surface area (Å²) in [5.74, 6) is -0.159. The fraction of sp³-hybridized carbons (Fsp3) is 0.474. The van der Waals surface area contributed by atoms with E-state index in [4.69, 9.17) is 5.73 Å². The second kappa shape index (κ2) is 7.58. The molecule has 4 atom stereocenters. The van der Waals surface area contributed by atoms with Crippen molar-refractivity contribution in [2.45, 2.75) is 32.4 Å². The van der Waals surface area contributed by atoms with Crippen molar-refractivity contribution in [3.05, 3.63) is 50.9 Å². The van der Waals surface area contributed by atoms with Crippen molar-refractivity contribution < 1.29 is 18.8 Å². The Morgan fingerprint density at radius 1 is 1.44 bits per heavy atom. The lowest BCUT2D eigenvalue weighted by atomic mass is 9.92. The normalized spacial score (nSPS) is 27.5. The van der Waals surface area contributed by atoms with Crippen LogP contribution in [0.4, 0.5) is 20.2 Å². The third kappa shape index (κ3) is 3.85. The van der Waals surface area contributed by atoms with E-state index in [-0.39, 0.29) is 41.3 Å². The standard InChI is InChI=1S/C19H21BrF2N2O3/c1-9-12(18(9)13-6-11(8-20)14(21)7-15(13)22)3-2-10-4-16(24(26)27)19(23)17(25)5-10/h4-6,9,12,15,18,25H,2-3,7-8,23H2,1H3/t9-,12?,15?,18?/m1/s1. The number of phenols is 1. The molecule has 0 radical (unpaired) electrons. The largest absolute Gasteiger partial charge is 0.506 e. The lowest BCUT2D eigenvalue weighted by Gasteiger charge is -2.19. The first-order valence-corrected chi connectivity index (χ1v) is 9.91. The van der Waals surface area contributed by atoms with Gasteiger partial charge in [-0.2, -0.15) is 0 Å². The lowest BCUT2D eigenvalue weighted by Crippen LogP contribution is -2.14. The van der Waals surface area contributed by atoms with E-state index in [1.807, 2.05) is 6.92 Å². The Bertz CT molecular complexity index is 840. The number of hydrogen-bond donors (Lipinski definition) is 2. The zero-order valence-electron chi connectivity index (χ0n) is 14.8. The molecule has 3 N–H and O–H groups in total. The predicted octanol–water partition coefficient (Wildman–Crippen LogP) is 4.98. The highest BCUT2D eigenvalue weighted by Gasteiger charge is 2.50. The molecule has 5 nitrogen and oxygen atoms in total. The van der Waals surface area contributed by atoms with Gasteiger partial charge in [-0.05, 0) is 53.4 Å². The molecule has 0 spiro atoms. The Morgan fingerprint density at radius 2 is 2.15 bits per heavy atom. The number of nitrogen functional groups attached to an aromatic ring is 1. The minimum Gasteiger partial charge on any atom is -0.506 e. The number of aromatic hydroxyl groups is 1. The van der Waals surface area contributed by atoms with Crippen LogP contribution in [-0.2, 0) is 6.42 Å². The van der Waals surface area contributed by atoms with Crippen LogP contribution < -0.4 is 5.73 Å². The second-order valence-corrected chi connectivity index (χ2v) is 7.83. The van der Waals surface area contributed by atoms with Gasteiger partial charge in [0.2, 0.25) is 0 Å². The van der Waals surface area contributed by atoms with Crippen LogP contribution in [0.1, 0.15) is 25.3 Å². The summed E-state index contributed by atoms with van der Waals surface area (Å²) in [5.41, 5.74) is 6.74. The van der Waals surface area contributed by atoms with Crippen LogP contribution in [0.15, 0.2) is 35.2 Å². The number of benzene rings is 1. The summed E-state index contributed by atoms with van der Waals surface area (Å²) in [6, 6.07) is 2.80. The van der Waals surface area contributed by atoms with Crippen LogP contribution in [-0.4, -0.2) is 21.5 Å². The molecule has 0 amide bonds. The molecule has 3 unspecified atom stereocenters. The van der Waals surface area contributed by atoms with Crippen molar-refractivity contribution in [3.63, 3.8) is 0 Å². The van der Waals surface area contributed by atoms with E-state index in [1.165, 1.54) is 12.1 Å². The van der Waals surface area contributed by atoms with Crippen LogP contribution in [0.25, 0.3) is 0 Å². The Morgan fingerprint density at radius 3 is 2.78 bits per heavy atom. The van der Waals surface area contributed by atoms with Crippen molar-refractivity contribution in [1.82, 2.24) is 0 Å². The van der Waals surface area contributed by atoms with Gasteiger partial charge in [0.1, 0.15) is 17.7 Å². The fourth-order valence-corrected chi connectivity index (χ4v) is 4.51. The maximum Gasteiger partial charge on any atom is 0.296 e. The number of nitro groups is 1. The molecular formula is C19H21BrF2N2O3. The Hall–Kier alpha value is -1.96. The van der Waals surface area contributed by atoms with Gasteiger partial charge in [-0.3, -0.25) is 10.1 Å². The number of rotatable bonds is 6. The number of halogens is 3. The molecule has 2 aliphatic carbocycles. The van der Waals surface area contributed by atoms with E-state index in [1.54, 1.807) is 6.08 Å². The van der Waals surface area contributed by atoms with Crippen LogP contribution in [0.3, 0.4) is 0 Å². The first-order valence-electron chi connectivity index (χ1n) is 8.79. The van der Waals surface area contributed by atoms with E-state index in [9.17, 15) is 24.0 Å². The molecule has 27 heavy (non-hydrogen) atoms. The minimum absolute atomic E-state index is 0.0551. The summed E-state index contributed by atoms with van der Waals surface area (Å²) in [5, 5.41) is 21.2. The van der Waals surface area contributed by atoms with Gasteiger partial charge in [0.25, 0.3) is 5.69 Å². The minimum atomic E-state index is -1.30. The molecule has 0 heterocycles. The maximum absolute atomic E-state index is 14.4. The SMILES string of the molecule is C[C@@H]1C(CCc2cc(O)c(N)c([N+](=O)[O-])c2)C1C1=CC(CBr)=C(F)CC1F. The number of nitrogens with zero attached hydrogens (tertiary/aromatic N) is 1. The van der Waals surface area contributed by atoms with E-state index in [0.29, 0.717) is 34.9 Å². The summed E-state index contributed by atoms with van der Waals surface area (Å²) in [6.45, 7) is 2.04. The van der Waals surface area contributed by atoms with Crippen molar-refractivity contribution in [3.8, 4) is 5.75 Å². The Kier molecular flexibility index (Phi) is 5.55. The molecule has 1 fully saturated rings. The average molecular weight is 443 g/mol. The van der Waals surface area contributed by atoms with Gasteiger partial charge >= 0.3 is 0 Å². The number of anilines is 1. The summed E-state index contributed by atoms with van der Waals surface area (Å²) in [7, 11) is 0. The molecule has 1 aromatic rings. The number of phenolic OH excluding ortho intramolecular Hbond substituents is 1. The van der Waals surface area contributed by atoms with Crippen LogP contribution in [0.5, 0.6) is 5.75 Å². The number of nitro benzene ring substituents is 1. The molecule has 2 aliphatic rings. The van der Waals surface area contributed by atoms with Gasteiger partial charge in [0.15, 0.2) is 5.69 Å². The molecule has 1 aromatic carbocycles. The lowest BCUT2D eigenvalue weighted by molar-refractivity contribution is -0.384. The zero-order valence-corrected chi connectivity index (χ0v) is 16.4. The second-order valence-electron chi connectivity index (χ2n) is 7.27. The fourth-order valence-electron chi connectivity index (χ4n) is 4.04. The summed E-state index contributed by atoms with van der Waals surface area (Å²) >= 11 is 3.24. The van der Waals surface area contributed by atoms with Gasteiger partial charge < -0.3 is 10.8 Å². The predicted molar refractivity (Wildman–Crippen MR) is 103 cm³/mol.